The molecule has 16 heavy (non-hydrogen) atoms. The maximum atomic E-state index is 3.88. The van der Waals surface area contributed by atoms with Crippen LogP contribution >= 0.6 is 0 Å². The lowest BCUT2D eigenvalue weighted by molar-refractivity contribution is 0.0666. The zero-order chi connectivity index (χ0) is 11.6. The Kier molecular flexibility index (Phi) is 3.91. The second kappa shape index (κ2) is 5.05. The predicted octanol–water partition coefficient (Wildman–Crippen LogP) is 2.64. The van der Waals surface area contributed by atoms with Crippen LogP contribution < -0.4 is 5.32 Å². The molecule has 0 radical (unpaired) electrons. The van der Waals surface area contributed by atoms with E-state index in [1.54, 1.807) is 0 Å². The van der Waals surface area contributed by atoms with Gasteiger partial charge >= 0.3 is 0 Å². The van der Waals surface area contributed by atoms with Crippen LogP contribution in [0.2, 0.25) is 0 Å². The lowest BCUT2D eigenvalue weighted by atomic mass is 9.79. The van der Waals surface area contributed by atoms with Crippen molar-refractivity contribution in [1.82, 2.24) is 10.2 Å². The van der Waals surface area contributed by atoms with Crippen LogP contribution in [0.1, 0.15) is 52.4 Å². The van der Waals surface area contributed by atoms with Crippen molar-refractivity contribution in [2.45, 2.75) is 64.0 Å². The lowest BCUT2D eigenvalue weighted by Gasteiger charge is -2.49. The van der Waals surface area contributed by atoms with E-state index in [0.717, 1.165) is 12.0 Å². The van der Waals surface area contributed by atoms with E-state index in [-0.39, 0.29) is 0 Å². The molecule has 1 unspecified atom stereocenters. The van der Waals surface area contributed by atoms with Gasteiger partial charge in [0.05, 0.1) is 0 Å². The van der Waals surface area contributed by atoms with Crippen molar-refractivity contribution >= 4 is 0 Å². The predicted molar refractivity (Wildman–Crippen MR) is 69.7 cm³/mol. The minimum Gasteiger partial charge on any atom is -0.308 e. The molecule has 2 nitrogen and oxygen atoms in total. The molecule has 2 heteroatoms. The molecule has 0 aromatic heterocycles. The van der Waals surface area contributed by atoms with Gasteiger partial charge in [-0.1, -0.05) is 33.1 Å². The van der Waals surface area contributed by atoms with Gasteiger partial charge in [-0.3, -0.25) is 0 Å². The van der Waals surface area contributed by atoms with E-state index >= 15 is 0 Å². The largest absolute Gasteiger partial charge is 0.308 e. The summed E-state index contributed by atoms with van der Waals surface area (Å²) in [5.74, 6) is 0.814. The first-order chi connectivity index (χ1) is 7.61. The Hall–Kier alpha value is -0.0800. The fourth-order valence-corrected chi connectivity index (χ4v) is 3.52. The summed E-state index contributed by atoms with van der Waals surface area (Å²) < 4.78 is 0. The van der Waals surface area contributed by atoms with Gasteiger partial charge in [0, 0.05) is 24.7 Å². The molecule has 1 N–H and O–H groups in total. The molecular weight excluding hydrogens is 196 g/mol. The van der Waals surface area contributed by atoms with Crippen LogP contribution in [0.3, 0.4) is 0 Å². The number of nitrogens with one attached hydrogen (secondary N) is 1. The fourth-order valence-electron chi connectivity index (χ4n) is 3.52. The van der Waals surface area contributed by atoms with E-state index < -0.39 is 0 Å². The summed E-state index contributed by atoms with van der Waals surface area (Å²) in [6.07, 6.45) is 8.42. The van der Waals surface area contributed by atoms with Crippen molar-refractivity contribution in [2.24, 2.45) is 5.92 Å². The molecule has 0 aromatic carbocycles. The van der Waals surface area contributed by atoms with Gasteiger partial charge in [-0.25, -0.2) is 0 Å². The molecule has 2 rings (SSSR count). The molecule has 1 aliphatic heterocycles. The van der Waals surface area contributed by atoms with Gasteiger partial charge in [0.2, 0.25) is 0 Å². The van der Waals surface area contributed by atoms with Crippen LogP contribution in [0.25, 0.3) is 0 Å². The van der Waals surface area contributed by atoms with Crippen LogP contribution in [-0.4, -0.2) is 36.6 Å². The Labute approximate surface area is 101 Å². The quantitative estimate of drug-likeness (QED) is 0.776. The SMILES string of the molecule is CC(C)CC1CNC2(CCCCC2)CN1C. The summed E-state index contributed by atoms with van der Waals surface area (Å²) in [6.45, 7) is 7.14. The molecular formula is C14H28N2. The topological polar surface area (TPSA) is 15.3 Å². The van der Waals surface area contributed by atoms with Crippen molar-refractivity contribution in [3.8, 4) is 0 Å². The van der Waals surface area contributed by atoms with Crippen LogP contribution in [0.4, 0.5) is 0 Å². The molecule has 1 atom stereocenters. The van der Waals surface area contributed by atoms with Crippen molar-refractivity contribution in [3.05, 3.63) is 0 Å². The van der Waals surface area contributed by atoms with Gasteiger partial charge in [-0.2, -0.15) is 0 Å². The Balaban J connectivity index is 1.90. The fraction of sp³-hybridized carbons (Fsp3) is 1.00. The molecule has 1 aliphatic carbocycles. The second-order valence-corrected chi connectivity index (χ2v) is 6.42. The van der Waals surface area contributed by atoms with Crippen molar-refractivity contribution in [3.63, 3.8) is 0 Å². The Morgan fingerprint density at radius 1 is 1.25 bits per heavy atom. The standard InChI is InChI=1S/C14H28N2/c1-12(2)9-13-10-15-14(11-16(13)3)7-5-4-6-8-14/h12-13,15H,4-11H2,1-3H3. The van der Waals surface area contributed by atoms with E-state index in [1.165, 1.54) is 51.6 Å². The first-order valence-electron chi connectivity index (χ1n) is 7.07. The minimum absolute atomic E-state index is 0.473. The maximum absolute atomic E-state index is 3.88. The second-order valence-electron chi connectivity index (χ2n) is 6.42. The summed E-state index contributed by atoms with van der Waals surface area (Å²) in [5, 5.41) is 3.88. The van der Waals surface area contributed by atoms with Gasteiger partial charge < -0.3 is 10.2 Å². The lowest BCUT2D eigenvalue weighted by Crippen LogP contribution is -2.63. The molecule has 1 spiro atoms. The Bertz CT molecular complexity index is 219. The highest BCUT2D eigenvalue weighted by Gasteiger charge is 2.38. The smallest absolute Gasteiger partial charge is 0.0309 e. The third-order valence-corrected chi connectivity index (χ3v) is 4.44. The maximum Gasteiger partial charge on any atom is 0.0309 e. The van der Waals surface area contributed by atoms with Crippen molar-refractivity contribution < 1.29 is 0 Å². The third kappa shape index (κ3) is 2.78. The number of hydrogen-bond acceptors (Lipinski definition) is 2. The molecule has 2 aliphatic rings. The molecule has 94 valence electrons. The van der Waals surface area contributed by atoms with Gasteiger partial charge in [-0.05, 0) is 32.2 Å². The van der Waals surface area contributed by atoms with Gasteiger partial charge in [0.25, 0.3) is 0 Å². The zero-order valence-corrected chi connectivity index (χ0v) is 11.3. The van der Waals surface area contributed by atoms with Crippen LogP contribution in [-0.2, 0) is 0 Å². The van der Waals surface area contributed by atoms with Crippen molar-refractivity contribution in [2.75, 3.05) is 20.1 Å². The molecule has 0 amide bonds. The first-order valence-corrected chi connectivity index (χ1v) is 7.07. The summed E-state index contributed by atoms with van der Waals surface area (Å²) in [6, 6.07) is 0.757. The highest BCUT2D eigenvalue weighted by molar-refractivity contribution is 4.98. The number of hydrogen-bond donors (Lipinski definition) is 1. The van der Waals surface area contributed by atoms with Gasteiger partial charge in [-0.15, -0.1) is 0 Å². The normalized spacial score (nSPS) is 31.1. The van der Waals surface area contributed by atoms with E-state index in [2.05, 4.69) is 31.1 Å². The molecule has 1 heterocycles. The van der Waals surface area contributed by atoms with Gasteiger partial charge in [0.15, 0.2) is 0 Å². The van der Waals surface area contributed by atoms with E-state index in [4.69, 9.17) is 0 Å². The molecule has 2 fully saturated rings. The zero-order valence-electron chi connectivity index (χ0n) is 11.3. The van der Waals surface area contributed by atoms with Crippen LogP contribution in [0, 0.1) is 5.92 Å². The molecule has 1 saturated carbocycles. The highest BCUT2D eigenvalue weighted by atomic mass is 15.2. The number of nitrogens with zero attached hydrogens (tertiary/aromatic N) is 1. The van der Waals surface area contributed by atoms with Crippen LogP contribution in [0.15, 0.2) is 0 Å². The Morgan fingerprint density at radius 2 is 1.94 bits per heavy atom. The summed E-state index contributed by atoms with van der Waals surface area (Å²) in [7, 11) is 2.32. The molecule has 0 aromatic rings. The minimum atomic E-state index is 0.473. The highest BCUT2D eigenvalue weighted by Crippen LogP contribution is 2.32. The summed E-state index contributed by atoms with van der Waals surface area (Å²) >= 11 is 0. The first kappa shape index (κ1) is 12.4. The number of rotatable bonds is 2. The summed E-state index contributed by atoms with van der Waals surface area (Å²) in [4.78, 5) is 2.61. The Morgan fingerprint density at radius 3 is 2.50 bits per heavy atom. The van der Waals surface area contributed by atoms with E-state index in [9.17, 15) is 0 Å². The monoisotopic (exact) mass is 224 g/mol. The average molecular weight is 224 g/mol. The van der Waals surface area contributed by atoms with E-state index in [1.807, 2.05) is 0 Å². The molecule has 0 bridgehead atoms. The van der Waals surface area contributed by atoms with Gasteiger partial charge in [0.1, 0.15) is 0 Å². The average Bonchev–Trinajstić information content (AvgIpc) is 2.23. The number of likely N-dealkylation sites (N-methyl/N-ethyl adjacent to an activating group) is 1. The third-order valence-electron chi connectivity index (χ3n) is 4.44. The molecule has 1 saturated heterocycles. The van der Waals surface area contributed by atoms with E-state index in [0.29, 0.717) is 5.54 Å². The number of piperazine rings is 1. The van der Waals surface area contributed by atoms with Crippen molar-refractivity contribution in [1.29, 1.82) is 0 Å². The summed E-state index contributed by atoms with van der Waals surface area (Å²) in [5.41, 5.74) is 0.473. The van der Waals surface area contributed by atoms with Crippen LogP contribution in [0.5, 0.6) is 0 Å².